The van der Waals surface area contributed by atoms with Crippen molar-refractivity contribution in [2.45, 2.75) is 19.8 Å². The number of ether oxygens (including phenoxy) is 1. The first kappa shape index (κ1) is 19.1. The molecule has 8 heteroatoms. The third-order valence-corrected chi connectivity index (χ3v) is 4.04. The average Bonchev–Trinajstić information content (AvgIpc) is 3.27. The van der Waals surface area contributed by atoms with Crippen LogP contribution in [-0.2, 0) is 27.2 Å². The molecular weight excluding hydrogens is 360 g/mol. The van der Waals surface area contributed by atoms with Crippen molar-refractivity contribution in [2.75, 3.05) is 6.61 Å². The number of H-pyrrole nitrogens is 2. The van der Waals surface area contributed by atoms with Gasteiger partial charge in [0.15, 0.2) is 0 Å². The quantitative estimate of drug-likeness (QED) is 0.458. The molecule has 8 nitrogen and oxygen atoms in total. The maximum absolute atomic E-state index is 11.3. The van der Waals surface area contributed by atoms with Crippen LogP contribution in [0.1, 0.15) is 18.3 Å². The number of nitrogens with zero attached hydrogens (tertiary/aromatic N) is 2. The van der Waals surface area contributed by atoms with Crippen LogP contribution in [0.3, 0.4) is 0 Å². The first-order chi connectivity index (χ1) is 13.6. The Bertz CT molecular complexity index is 1100. The van der Waals surface area contributed by atoms with Crippen LogP contribution in [0.15, 0.2) is 48.5 Å². The standard InChI is InChI=1S/C11H12N2O2.C9H8N2O2/c1-2-15-11(14)7-10-8-5-3-4-6-9(8)12-13-10;12-9(13)5-8-6-3-1-2-4-7(6)10-11-8/h3-6H,2,7H2,1H3,(H,12,13);1-4H,5H2,(H,10,11)(H,12,13). The van der Waals surface area contributed by atoms with Gasteiger partial charge in [-0.05, 0) is 19.1 Å². The van der Waals surface area contributed by atoms with Crippen molar-refractivity contribution in [3.8, 4) is 0 Å². The van der Waals surface area contributed by atoms with Gasteiger partial charge >= 0.3 is 11.9 Å². The van der Waals surface area contributed by atoms with Gasteiger partial charge in [-0.3, -0.25) is 19.8 Å². The van der Waals surface area contributed by atoms with Gasteiger partial charge in [0.1, 0.15) is 0 Å². The van der Waals surface area contributed by atoms with Gasteiger partial charge in [0.2, 0.25) is 0 Å². The number of carboxylic acids is 1. The summed E-state index contributed by atoms with van der Waals surface area (Å²) in [5.41, 5.74) is 3.14. The zero-order chi connectivity index (χ0) is 19.9. The molecule has 0 unspecified atom stereocenters. The number of para-hydroxylation sites is 2. The Balaban J connectivity index is 0.000000162. The molecule has 0 aliphatic carbocycles. The second-order valence-corrected chi connectivity index (χ2v) is 5.99. The molecule has 2 heterocycles. The van der Waals surface area contributed by atoms with Crippen molar-refractivity contribution in [1.29, 1.82) is 0 Å². The molecule has 0 aliphatic rings. The lowest BCUT2D eigenvalue weighted by Crippen LogP contribution is -2.07. The summed E-state index contributed by atoms with van der Waals surface area (Å²) >= 11 is 0. The molecule has 0 bridgehead atoms. The highest BCUT2D eigenvalue weighted by molar-refractivity contribution is 5.86. The summed E-state index contributed by atoms with van der Waals surface area (Å²) in [6.45, 7) is 2.20. The minimum absolute atomic E-state index is 0.0134. The van der Waals surface area contributed by atoms with Crippen LogP contribution in [0, 0.1) is 0 Å². The number of nitrogens with one attached hydrogen (secondary N) is 2. The van der Waals surface area contributed by atoms with E-state index >= 15 is 0 Å². The second-order valence-electron chi connectivity index (χ2n) is 5.99. The van der Waals surface area contributed by atoms with E-state index in [1.165, 1.54) is 0 Å². The highest BCUT2D eigenvalue weighted by Gasteiger charge is 2.10. The minimum atomic E-state index is -0.852. The highest BCUT2D eigenvalue weighted by atomic mass is 16.5. The number of carbonyl (C=O) groups excluding carboxylic acids is 1. The maximum atomic E-state index is 11.3. The number of esters is 1. The van der Waals surface area contributed by atoms with E-state index in [-0.39, 0.29) is 18.8 Å². The van der Waals surface area contributed by atoms with E-state index in [9.17, 15) is 9.59 Å². The molecule has 0 fully saturated rings. The van der Waals surface area contributed by atoms with Gasteiger partial charge in [-0.1, -0.05) is 36.4 Å². The molecule has 0 saturated carbocycles. The second kappa shape index (κ2) is 8.81. The Morgan fingerprint density at radius 2 is 1.39 bits per heavy atom. The predicted molar refractivity (Wildman–Crippen MR) is 104 cm³/mol. The molecular formula is C20H20N4O4. The Hall–Kier alpha value is -3.68. The molecule has 0 atom stereocenters. The number of carbonyl (C=O) groups is 2. The van der Waals surface area contributed by atoms with Gasteiger partial charge in [0.05, 0.1) is 41.9 Å². The van der Waals surface area contributed by atoms with E-state index in [4.69, 9.17) is 9.84 Å². The topological polar surface area (TPSA) is 121 Å². The number of hydrogen-bond donors (Lipinski definition) is 3. The van der Waals surface area contributed by atoms with Crippen molar-refractivity contribution in [1.82, 2.24) is 20.4 Å². The van der Waals surface area contributed by atoms with Crippen molar-refractivity contribution in [3.63, 3.8) is 0 Å². The van der Waals surface area contributed by atoms with E-state index in [1.54, 1.807) is 6.92 Å². The molecule has 4 rings (SSSR count). The molecule has 2 aromatic heterocycles. The Morgan fingerprint density at radius 3 is 1.89 bits per heavy atom. The zero-order valence-electron chi connectivity index (χ0n) is 15.3. The van der Waals surface area contributed by atoms with Crippen molar-refractivity contribution in [2.24, 2.45) is 0 Å². The van der Waals surface area contributed by atoms with E-state index in [0.29, 0.717) is 12.3 Å². The molecule has 0 saturated heterocycles. The normalized spacial score (nSPS) is 10.5. The van der Waals surface area contributed by atoms with Crippen LogP contribution >= 0.6 is 0 Å². The number of aliphatic carboxylic acids is 1. The zero-order valence-corrected chi connectivity index (χ0v) is 15.3. The van der Waals surface area contributed by atoms with Gasteiger partial charge in [0, 0.05) is 10.8 Å². The molecule has 4 aromatic rings. The van der Waals surface area contributed by atoms with E-state index in [2.05, 4.69) is 20.4 Å². The Kier molecular flexibility index (Phi) is 6.01. The first-order valence-electron chi connectivity index (χ1n) is 8.80. The van der Waals surface area contributed by atoms with Crippen molar-refractivity contribution < 1.29 is 19.4 Å². The summed E-state index contributed by atoms with van der Waals surface area (Å²) in [6, 6.07) is 15.1. The number of carboxylic acid groups (broad SMARTS) is 1. The van der Waals surface area contributed by atoms with Gasteiger partial charge in [0.25, 0.3) is 0 Å². The van der Waals surface area contributed by atoms with Crippen LogP contribution in [0.2, 0.25) is 0 Å². The third kappa shape index (κ3) is 4.53. The van der Waals surface area contributed by atoms with Gasteiger partial charge in [-0.25, -0.2) is 0 Å². The third-order valence-electron chi connectivity index (χ3n) is 4.04. The molecule has 3 N–H and O–H groups in total. The molecule has 144 valence electrons. The maximum Gasteiger partial charge on any atom is 0.311 e. The van der Waals surface area contributed by atoms with Crippen LogP contribution in [0.4, 0.5) is 0 Å². The van der Waals surface area contributed by atoms with Crippen LogP contribution in [0.25, 0.3) is 21.8 Å². The minimum Gasteiger partial charge on any atom is -0.481 e. The van der Waals surface area contributed by atoms with Gasteiger partial charge in [-0.15, -0.1) is 0 Å². The number of hydrogen-bond acceptors (Lipinski definition) is 5. The van der Waals surface area contributed by atoms with Crippen molar-refractivity contribution in [3.05, 3.63) is 59.9 Å². The van der Waals surface area contributed by atoms with Gasteiger partial charge in [-0.2, -0.15) is 10.2 Å². The average molecular weight is 380 g/mol. The summed E-state index contributed by atoms with van der Waals surface area (Å²) in [5, 5.41) is 24.1. The molecule has 28 heavy (non-hydrogen) atoms. The van der Waals surface area contributed by atoms with E-state index in [1.807, 2.05) is 48.5 Å². The highest BCUT2D eigenvalue weighted by Crippen LogP contribution is 2.16. The molecule has 0 aliphatic heterocycles. The smallest absolute Gasteiger partial charge is 0.311 e. The predicted octanol–water partition coefficient (Wildman–Crippen LogP) is 2.86. The number of fused-ring (bicyclic) bond motifs is 2. The molecule has 0 amide bonds. The molecule has 0 radical (unpaired) electrons. The van der Waals surface area contributed by atoms with Crippen LogP contribution in [-0.4, -0.2) is 44.0 Å². The number of aromatic nitrogens is 4. The largest absolute Gasteiger partial charge is 0.481 e. The fourth-order valence-electron chi connectivity index (χ4n) is 2.81. The molecule has 2 aromatic carbocycles. The summed E-state index contributed by atoms with van der Waals surface area (Å²) in [6.07, 6.45) is 0.231. The van der Waals surface area contributed by atoms with Crippen molar-refractivity contribution >= 4 is 33.7 Å². The Labute approximate surface area is 160 Å². The number of aromatic amines is 2. The van der Waals surface area contributed by atoms with E-state index < -0.39 is 5.97 Å². The van der Waals surface area contributed by atoms with E-state index in [0.717, 1.165) is 27.5 Å². The summed E-state index contributed by atoms with van der Waals surface area (Å²) < 4.78 is 4.88. The SMILES string of the molecule is CCOC(=O)Cc1[nH]nc2ccccc12.O=C(O)Cc1[nH]nc2ccccc12. The summed E-state index contributed by atoms with van der Waals surface area (Å²) in [5.74, 6) is -1.08. The van der Waals surface area contributed by atoms with Gasteiger partial charge < -0.3 is 9.84 Å². The fourth-order valence-corrected chi connectivity index (χ4v) is 2.81. The molecule has 0 spiro atoms. The summed E-state index contributed by atoms with van der Waals surface area (Å²) in [7, 11) is 0. The Morgan fingerprint density at radius 1 is 0.893 bits per heavy atom. The number of rotatable bonds is 5. The van der Waals surface area contributed by atoms with Crippen LogP contribution in [0.5, 0.6) is 0 Å². The lowest BCUT2D eigenvalue weighted by atomic mass is 10.2. The number of benzene rings is 2. The summed E-state index contributed by atoms with van der Waals surface area (Å²) in [4.78, 5) is 21.7. The van der Waals surface area contributed by atoms with Crippen LogP contribution < -0.4 is 0 Å². The lowest BCUT2D eigenvalue weighted by molar-refractivity contribution is -0.142. The first-order valence-corrected chi connectivity index (χ1v) is 8.80. The lowest BCUT2D eigenvalue weighted by Gasteiger charge is -1.99. The fraction of sp³-hybridized carbons (Fsp3) is 0.200. The monoisotopic (exact) mass is 380 g/mol.